The SMILES string of the molecule is CC(=O)OC1(OC(C)=O)[C@@H]2[C@H]3C[C@@H]4[C@@H]2C(=O)[C@@H]2[C@@H]4[C@@H]3[C@@H]21. The second-order valence-corrected chi connectivity index (χ2v) is 7.13. The van der Waals surface area contributed by atoms with Crippen LogP contribution in [0.1, 0.15) is 20.3 Å². The zero-order valence-corrected chi connectivity index (χ0v) is 11.4. The summed E-state index contributed by atoms with van der Waals surface area (Å²) in [6, 6.07) is 0. The molecule has 0 aliphatic heterocycles. The fourth-order valence-corrected chi connectivity index (χ4v) is 6.86. The molecule has 0 N–H and O–H groups in total. The summed E-state index contributed by atoms with van der Waals surface area (Å²) < 4.78 is 11.2. The predicted octanol–water partition coefficient (Wildman–Crippen LogP) is 0.766. The summed E-state index contributed by atoms with van der Waals surface area (Å²) in [6.07, 6.45) is 1.05. The number of ketones is 1. The van der Waals surface area contributed by atoms with Crippen molar-refractivity contribution in [3.63, 3.8) is 0 Å². The van der Waals surface area contributed by atoms with Gasteiger partial charge in [-0.25, -0.2) is 0 Å². The summed E-state index contributed by atoms with van der Waals surface area (Å²) in [7, 11) is 0. The maximum atomic E-state index is 12.5. The normalized spacial score (nSPS) is 54.2. The Bertz CT molecular complexity index is 565. The van der Waals surface area contributed by atoms with Gasteiger partial charge < -0.3 is 9.47 Å². The third-order valence-electron chi connectivity index (χ3n) is 6.70. The van der Waals surface area contributed by atoms with Gasteiger partial charge in [-0.2, -0.15) is 0 Å². The van der Waals surface area contributed by atoms with Gasteiger partial charge in [-0.1, -0.05) is 0 Å². The van der Waals surface area contributed by atoms with E-state index >= 15 is 0 Å². The number of ether oxygens (including phenoxy) is 2. The smallest absolute Gasteiger partial charge is 0.305 e. The molecule has 0 aromatic heterocycles. The number of fused-ring (bicyclic) bond motifs is 2. The molecule has 5 rings (SSSR count). The van der Waals surface area contributed by atoms with Gasteiger partial charge in [0.05, 0.1) is 5.92 Å². The van der Waals surface area contributed by atoms with Crippen LogP contribution in [-0.2, 0) is 23.9 Å². The summed E-state index contributed by atoms with van der Waals surface area (Å²) in [6.45, 7) is 2.70. The molecule has 8 atom stereocenters. The average Bonchev–Trinajstić information content (AvgIpc) is 2.77. The molecule has 20 heavy (non-hydrogen) atoms. The van der Waals surface area contributed by atoms with Gasteiger partial charge in [0.2, 0.25) is 0 Å². The number of hydrogen-bond donors (Lipinski definition) is 0. The summed E-state index contributed by atoms with van der Waals surface area (Å²) in [4.78, 5) is 35.6. The molecule has 0 radical (unpaired) electrons. The van der Waals surface area contributed by atoms with Crippen LogP contribution < -0.4 is 0 Å². The molecule has 0 saturated heterocycles. The molecule has 5 nitrogen and oxygen atoms in total. The van der Waals surface area contributed by atoms with Crippen molar-refractivity contribution in [3.05, 3.63) is 0 Å². The lowest BCUT2D eigenvalue weighted by Gasteiger charge is -2.50. The Labute approximate surface area is 116 Å². The molecule has 5 aliphatic rings. The Morgan fingerprint density at radius 2 is 1.65 bits per heavy atom. The predicted molar refractivity (Wildman–Crippen MR) is 63.8 cm³/mol. The minimum atomic E-state index is -1.14. The maximum Gasteiger partial charge on any atom is 0.305 e. The van der Waals surface area contributed by atoms with Crippen molar-refractivity contribution in [1.82, 2.24) is 0 Å². The van der Waals surface area contributed by atoms with Gasteiger partial charge >= 0.3 is 11.9 Å². The third-order valence-corrected chi connectivity index (χ3v) is 6.70. The molecular formula is C15H16O5. The maximum absolute atomic E-state index is 12.5. The van der Waals surface area contributed by atoms with E-state index in [1.165, 1.54) is 13.8 Å². The molecule has 2 bridgehead atoms. The van der Waals surface area contributed by atoms with Gasteiger partial charge in [0.15, 0.2) is 0 Å². The van der Waals surface area contributed by atoms with Gasteiger partial charge in [0.1, 0.15) is 5.78 Å². The standard InChI is InChI=1S/C15H16O5/c1-4(16)19-15(20-5(2)17)12-7-3-6-8-9(7)13(15)11(8)14(18)10(6)12/h6-13H,3H2,1-2H3/t6-,7-,8-,9+,10-,11+,12+,13-/m0/s1. The molecule has 5 saturated carbocycles. The minimum absolute atomic E-state index is 0.0301. The van der Waals surface area contributed by atoms with E-state index in [-0.39, 0.29) is 23.7 Å². The van der Waals surface area contributed by atoms with Crippen molar-refractivity contribution < 1.29 is 23.9 Å². The second-order valence-electron chi connectivity index (χ2n) is 7.13. The molecule has 0 unspecified atom stereocenters. The summed E-state index contributed by atoms with van der Waals surface area (Å²) in [5, 5.41) is 0. The van der Waals surface area contributed by atoms with Crippen molar-refractivity contribution in [1.29, 1.82) is 0 Å². The van der Waals surface area contributed by atoms with Gasteiger partial charge in [-0.15, -0.1) is 0 Å². The van der Waals surface area contributed by atoms with Crippen LogP contribution in [0.4, 0.5) is 0 Å². The lowest BCUT2D eigenvalue weighted by Crippen LogP contribution is -2.61. The first-order valence-corrected chi connectivity index (χ1v) is 7.40. The number of esters is 2. The number of hydrogen-bond acceptors (Lipinski definition) is 5. The minimum Gasteiger partial charge on any atom is -0.422 e. The zero-order chi connectivity index (χ0) is 14.0. The van der Waals surface area contributed by atoms with Gasteiger partial charge in [0, 0.05) is 31.6 Å². The Hall–Kier alpha value is -1.39. The Morgan fingerprint density at radius 1 is 1.00 bits per heavy atom. The monoisotopic (exact) mass is 276 g/mol. The molecule has 5 heteroatoms. The zero-order valence-electron chi connectivity index (χ0n) is 11.4. The fourth-order valence-electron chi connectivity index (χ4n) is 6.86. The van der Waals surface area contributed by atoms with Crippen LogP contribution in [0.2, 0.25) is 0 Å². The van der Waals surface area contributed by atoms with E-state index in [2.05, 4.69) is 0 Å². The molecule has 0 heterocycles. The number of rotatable bonds is 2. The molecule has 0 aromatic carbocycles. The van der Waals surface area contributed by atoms with Gasteiger partial charge in [-0.05, 0) is 30.1 Å². The van der Waals surface area contributed by atoms with Crippen LogP contribution in [0, 0.1) is 47.3 Å². The quantitative estimate of drug-likeness (QED) is 0.550. The van der Waals surface area contributed by atoms with E-state index < -0.39 is 17.7 Å². The number of Topliss-reactive ketones (excluding diaryl/α,β-unsaturated/α-hetero) is 1. The highest BCUT2D eigenvalue weighted by molar-refractivity contribution is 5.92. The van der Waals surface area contributed by atoms with E-state index in [0.29, 0.717) is 29.5 Å². The largest absolute Gasteiger partial charge is 0.422 e. The van der Waals surface area contributed by atoms with E-state index in [9.17, 15) is 14.4 Å². The van der Waals surface area contributed by atoms with Crippen LogP contribution in [0.3, 0.4) is 0 Å². The van der Waals surface area contributed by atoms with Gasteiger partial charge in [-0.3, -0.25) is 14.4 Å². The fraction of sp³-hybridized carbons (Fsp3) is 0.800. The first-order chi connectivity index (χ1) is 9.47. The molecule has 0 aromatic rings. The topological polar surface area (TPSA) is 69.7 Å². The highest BCUT2D eigenvalue weighted by Crippen LogP contribution is 2.84. The molecule has 106 valence electrons. The van der Waals surface area contributed by atoms with Crippen molar-refractivity contribution in [2.24, 2.45) is 47.3 Å². The Morgan fingerprint density at radius 3 is 2.25 bits per heavy atom. The number of carbonyl (C=O) groups is 3. The molecular weight excluding hydrogens is 260 g/mol. The van der Waals surface area contributed by atoms with Crippen LogP contribution in [0.15, 0.2) is 0 Å². The van der Waals surface area contributed by atoms with Crippen LogP contribution in [0.25, 0.3) is 0 Å². The first kappa shape index (κ1) is 11.3. The average molecular weight is 276 g/mol. The van der Waals surface area contributed by atoms with Crippen LogP contribution in [-0.4, -0.2) is 23.5 Å². The Kier molecular flexibility index (Phi) is 1.66. The Balaban J connectivity index is 1.67. The van der Waals surface area contributed by atoms with E-state index in [0.717, 1.165) is 6.42 Å². The molecule has 5 aliphatic carbocycles. The second kappa shape index (κ2) is 2.95. The molecule has 0 spiro atoms. The summed E-state index contributed by atoms with van der Waals surface area (Å²) >= 11 is 0. The van der Waals surface area contributed by atoms with Crippen molar-refractivity contribution in [2.45, 2.75) is 26.1 Å². The van der Waals surface area contributed by atoms with Crippen LogP contribution in [0.5, 0.6) is 0 Å². The van der Waals surface area contributed by atoms with Crippen LogP contribution >= 0.6 is 0 Å². The molecule has 5 fully saturated rings. The first-order valence-electron chi connectivity index (χ1n) is 7.40. The summed E-state index contributed by atoms with van der Waals surface area (Å²) in [5.41, 5.74) is 0. The lowest BCUT2D eigenvalue weighted by molar-refractivity contribution is -0.280. The highest BCUT2D eigenvalue weighted by atomic mass is 16.7. The van der Waals surface area contributed by atoms with E-state index in [1.807, 2.05) is 0 Å². The highest BCUT2D eigenvalue weighted by Gasteiger charge is 2.90. The van der Waals surface area contributed by atoms with Crippen molar-refractivity contribution >= 4 is 17.7 Å². The number of carbonyl (C=O) groups excluding carboxylic acids is 3. The van der Waals surface area contributed by atoms with Crippen molar-refractivity contribution in [2.75, 3.05) is 0 Å². The van der Waals surface area contributed by atoms with E-state index in [1.54, 1.807) is 0 Å². The molecule has 0 amide bonds. The van der Waals surface area contributed by atoms with Crippen molar-refractivity contribution in [3.8, 4) is 0 Å². The third kappa shape index (κ3) is 0.860. The summed E-state index contributed by atoms with van der Waals surface area (Å²) in [5.74, 6) is -0.108. The van der Waals surface area contributed by atoms with E-state index in [4.69, 9.17) is 9.47 Å². The van der Waals surface area contributed by atoms with Gasteiger partial charge in [0.25, 0.3) is 5.79 Å². The lowest BCUT2D eigenvalue weighted by atomic mass is 9.58.